The van der Waals surface area contributed by atoms with Crippen LogP contribution in [0.3, 0.4) is 0 Å². The third-order valence-electron chi connectivity index (χ3n) is 3.82. The van der Waals surface area contributed by atoms with E-state index in [-0.39, 0.29) is 5.41 Å². The van der Waals surface area contributed by atoms with Crippen molar-refractivity contribution in [1.29, 1.82) is 0 Å². The van der Waals surface area contributed by atoms with Gasteiger partial charge in [-0.15, -0.1) is 0 Å². The average molecular weight is 318 g/mol. The number of ether oxygens (including phenoxy) is 1. The minimum absolute atomic E-state index is 0.00364. The highest BCUT2D eigenvalue weighted by molar-refractivity contribution is 5.62. The molecule has 0 amide bonds. The van der Waals surface area contributed by atoms with Gasteiger partial charge in [-0.2, -0.15) is 0 Å². The first-order valence-corrected chi connectivity index (χ1v) is 8.11. The maximum atomic E-state index is 5.83. The molecule has 3 nitrogen and oxygen atoms in total. The summed E-state index contributed by atoms with van der Waals surface area (Å²) >= 11 is 0. The molecular weight excluding hydrogens is 296 g/mol. The largest absolute Gasteiger partial charge is 0.457 e. The summed E-state index contributed by atoms with van der Waals surface area (Å²) in [6.45, 7) is 8.44. The Morgan fingerprint density at radius 1 is 0.833 bits per heavy atom. The highest BCUT2D eigenvalue weighted by Crippen LogP contribution is 2.27. The molecule has 0 fully saturated rings. The normalized spacial score (nSPS) is 11.3. The van der Waals surface area contributed by atoms with E-state index in [1.807, 2.05) is 67.7 Å². The summed E-state index contributed by atoms with van der Waals surface area (Å²) in [5, 5.41) is 0. The average Bonchev–Trinajstić information content (AvgIpc) is 2.56. The molecule has 0 bridgehead atoms. The predicted octanol–water partition coefficient (Wildman–Crippen LogP) is 5.54. The van der Waals surface area contributed by atoms with Crippen molar-refractivity contribution in [1.82, 2.24) is 9.97 Å². The van der Waals surface area contributed by atoms with Crippen LogP contribution in [0.4, 0.5) is 0 Å². The second-order valence-corrected chi connectivity index (χ2v) is 6.88. The molecule has 0 aliphatic carbocycles. The highest BCUT2D eigenvalue weighted by Gasteiger charge is 2.17. The first kappa shape index (κ1) is 16.2. The molecule has 0 saturated heterocycles. The maximum absolute atomic E-state index is 5.83. The van der Waals surface area contributed by atoms with Crippen LogP contribution < -0.4 is 4.74 Å². The van der Waals surface area contributed by atoms with Gasteiger partial charge in [-0.05, 0) is 43.3 Å². The lowest BCUT2D eigenvalue weighted by atomic mass is 9.92. The number of hydrogen-bond acceptors (Lipinski definition) is 3. The van der Waals surface area contributed by atoms with Crippen molar-refractivity contribution < 1.29 is 4.74 Å². The molecule has 1 aromatic heterocycles. The van der Waals surface area contributed by atoms with Crippen molar-refractivity contribution in [2.45, 2.75) is 33.1 Å². The Bertz CT molecular complexity index is 819. The molecule has 0 N–H and O–H groups in total. The molecule has 1 heterocycles. The van der Waals surface area contributed by atoms with Gasteiger partial charge in [0.05, 0.1) is 17.1 Å². The first-order valence-electron chi connectivity index (χ1n) is 8.11. The lowest BCUT2D eigenvalue weighted by molar-refractivity contribution is 0.483. The molecule has 2 aromatic carbocycles. The predicted molar refractivity (Wildman–Crippen MR) is 97.4 cm³/mol. The molecule has 3 heteroatoms. The molecule has 0 radical (unpaired) electrons. The zero-order chi connectivity index (χ0) is 17.2. The second kappa shape index (κ2) is 6.44. The summed E-state index contributed by atoms with van der Waals surface area (Å²) in [6, 6.07) is 17.7. The van der Waals surface area contributed by atoms with Gasteiger partial charge in [-0.25, -0.2) is 0 Å². The first-order chi connectivity index (χ1) is 11.4. The lowest BCUT2D eigenvalue weighted by Crippen LogP contribution is -2.15. The quantitative estimate of drug-likeness (QED) is 0.636. The molecule has 3 aromatic rings. The van der Waals surface area contributed by atoms with E-state index < -0.39 is 0 Å². The minimum Gasteiger partial charge on any atom is -0.457 e. The number of benzene rings is 2. The second-order valence-electron chi connectivity index (χ2n) is 6.88. The smallest absolute Gasteiger partial charge is 0.127 e. The van der Waals surface area contributed by atoms with Gasteiger partial charge in [-0.3, -0.25) is 9.97 Å². The van der Waals surface area contributed by atoms with E-state index in [1.54, 1.807) is 0 Å². The van der Waals surface area contributed by atoms with Crippen LogP contribution >= 0.6 is 0 Å². The molecule has 3 rings (SSSR count). The van der Waals surface area contributed by atoms with Crippen LogP contribution in [0, 0.1) is 6.92 Å². The number of aromatic nitrogens is 2. The summed E-state index contributed by atoms with van der Waals surface area (Å²) in [4.78, 5) is 9.34. The van der Waals surface area contributed by atoms with E-state index in [4.69, 9.17) is 9.72 Å². The Labute approximate surface area is 143 Å². The summed E-state index contributed by atoms with van der Waals surface area (Å²) in [5.41, 5.74) is 3.91. The van der Waals surface area contributed by atoms with Crippen molar-refractivity contribution in [3.63, 3.8) is 0 Å². The Balaban J connectivity index is 1.83. The van der Waals surface area contributed by atoms with Gasteiger partial charge in [0.2, 0.25) is 0 Å². The molecule has 122 valence electrons. The molecule has 0 aliphatic heterocycles. The standard InChI is InChI=1S/C21H22N2O/c1-15-20(22-14-19(23-15)21(2,3)4)16-10-12-18(13-11-16)24-17-8-6-5-7-9-17/h5-14H,1-4H3. The van der Waals surface area contributed by atoms with Crippen LogP contribution in [0.5, 0.6) is 11.5 Å². The van der Waals surface area contributed by atoms with Crippen LogP contribution in [0.25, 0.3) is 11.3 Å². The van der Waals surface area contributed by atoms with Crippen LogP contribution in [0.15, 0.2) is 60.8 Å². The Morgan fingerprint density at radius 3 is 2.04 bits per heavy atom. The van der Waals surface area contributed by atoms with Crippen molar-refractivity contribution in [3.05, 3.63) is 72.2 Å². The zero-order valence-electron chi connectivity index (χ0n) is 14.6. The van der Waals surface area contributed by atoms with Gasteiger partial charge in [0.25, 0.3) is 0 Å². The minimum atomic E-state index is 0.00364. The fourth-order valence-corrected chi connectivity index (χ4v) is 2.43. The summed E-state index contributed by atoms with van der Waals surface area (Å²) in [6.07, 6.45) is 1.87. The number of rotatable bonds is 3. The van der Waals surface area contributed by atoms with E-state index in [2.05, 4.69) is 25.8 Å². The zero-order valence-corrected chi connectivity index (χ0v) is 14.6. The Kier molecular flexibility index (Phi) is 4.34. The van der Waals surface area contributed by atoms with E-state index >= 15 is 0 Å². The molecule has 0 spiro atoms. The van der Waals surface area contributed by atoms with E-state index in [0.717, 1.165) is 34.1 Å². The molecule has 0 saturated carbocycles. The monoisotopic (exact) mass is 318 g/mol. The van der Waals surface area contributed by atoms with Gasteiger partial charge in [0, 0.05) is 17.2 Å². The van der Waals surface area contributed by atoms with Gasteiger partial charge in [0.1, 0.15) is 11.5 Å². The number of aryl methyl sites for hydroxylation is 1. The van der Waals surface area contributed by atoms with Gasteiger partial charge < -0.3 is 4.74 Å². The third-order valence-corrected chi connectivity index (χ3v) is 3.82. The summed E-state index contributed by atoms with van der Waals surface area (Å²) in [5.74, 6) is 1.64. The van der Waals surface area contributed by atoms with Gasteiger partial charge in [0.15, 0.2) is 0 Å². The summed E-state index contributed by atoms with van der Waals surface area (Å²) < 4.78 is 5.83. The molecule has 0 unspecified atom stereocenters. The van der Waals surface area contributed by atoms with Crippen molar-refractivity contribution in [2.24, 2.45) is 0 Å². The SMILES string of the molecule is Cc1nc(C(C)(C)C)cnc1-c1ccc(Oc2ccccc2)cc1. The number of nitrogens with zero attached hydrogens (tertiary/aromatic N) is 2. The van der Waals surface area contributed by atoms with Crippen LogP contribution in [0.2, 0.25) is 0 Å². The van der Waals surface area contributed by atoms with Gasteiger partial charge in [-0.1, -0.05) is 39.0 Å². The lowest BCUT2D eigenvalue weighted by Gasteiger charge is -2.18. The Morgan fingerprint density at radius 2 is 1.46 bits per heavy atom. The topological polar surface area (TPSA) is 35.0 Å². The van der Waals surface area contributed by atoms with Crippen molar-refractivity contribution >= 4 is 0 Å². The van der Waals surface area contributed by atoms with Crippen molar-refractivity contribution in [3.8, 4) is 22.8 Å². The third kappa shape index (κ3) is 3.62. The van der Waals surface area contributed by atoms with E-state index in [0.29, 0.717) is 0 Å². The Hall–Kier alpha value is -2.68. The van der Waals surface area contributed by atoms with Gasteiger partial charge >= 0.3 is 0 Å². The van der Waals surface area contributed by atoms with Crippen molar-refractivity contribution in [2.75, 3.05) is 0 Å². The maximum Gasteiger partial charge on any atom is 0.127 e. The van der Waals surface area contributed by atoms with E-state index in [1.165, 1.54) is 0 Å². The number of hydrogen-bond donors (Lipinski definition) is 0. The fraction of sp³-hybridized carbons (Fsp3) is 0.238. The molecule has 0 atom stereocenters. The van der Waals surface area contributed by atoms with Crippen LogP contribution in [-0.2, 0) is 5.41 Å². The molecular formula is C21H22N2O. The summed E-state index contributed by atoms with van der Waals surface area (Å²) in [7, 11) is 0. The number of para-hydroxylation sites is 1. The molecule has 0 aliphatic rings. The fourth-order valence-electron chi connectivity index (χ4n) is 2.43. The van der Waals surface area contributed by atoms with Crippen LogP contribution in [-0.4, -0.2) is 9.97 Å². The highest BCUT2D eigenvalue weighted by atomic mass is 16.5. The molecule has 24 heavy (non-hydrogen) atoms. The van der Waals surface area contributed by atoms with Crippen LogP contribution in [0.1, 0.15) is 32.2 Å². The van der Waals surface area contributed by atoms with E-state index in [9.17, 15) is 0 Å².